The molecule has 0 saturated carbocycles. The van der Waals surface area contributed by atoms with Gasteiger partial charge in [-0.1, -0.05) is 23.9 Å². The Labute approximate surface area is 133 Å². The summed E-state index contributed by atoms with van der Waals surface area (Å²) in [5.74, 6) is 0.466. The van der Waals surface area contributed by atoms with Gasteiger partial charge in [-0.2, -0.15) is 4.68 Å². The fourth-order valence-electron chi connectivity index (χ4n) is 1.72. The highest BCUT2D eigenvalue weighted by Crippen LogP contribution is 2.25. The third-order valence-electron chi connectivity index (χ3n) is 2.49. The molecule has 2 aromatic rings. The number of para-hydroxylation sites is 2. The Hall–Kier alpha value is -2.09. The Morgan fingerprint density at radius 2 is 2.05 bits per heavy atom. The molecule has 1 aromatic carbocycles. The van der Waals surface area contributed by atoms with Crippen molar-refractivity contribution in [1.82, 2.24) is 20.2 Å². The molecule has 0 fully saturated rings. The molecule has 0 aliphatic heterocycles. The number of ether oxygens (including phenoxy) is 2. The molecule has 0 saturated heterocycles. The minimum Gasteiger partial charge on any atom is -0.494 e. The van der Waals surface area contributed by atoms with Crippen LogP contribution in [-0.4, -0.2) is 44.6 Å². The van der Waals surface area contributed by atoms with E-state index in [2.05, 4.69) is 15.5 Å². The number of hydrogen-bond acceptors (Lipinski definition) is 7. The van der Waals surface area contributed by atoms with Gasteiger partial charge in [0.15, 0.2) is 0 Å². The molecule has 0 aliphatic rings. The number of nitrogens with zero attached hydrogens (tertiary/aromatic N) is 4. The van der Waals surface area contributed by atoms with E-state index in [1.54, 1.807) is 7.11 Å². The summed E-state index contributed by atoms with van der Waals surface area (Å²) in [6.45, 7) is 5.48. The van der Waals surface area contributed by atoms with Gasteiger partial charge >= 0.3 is 5.97 Å². The van der Waals surface area contributed by atoms with Crippen LogP contribution < -0.4 is 4.74 Å². The van der Waals surface area contributed by atoms with Gasteiger partial charge in [-0.05, 0) is 43.3 Å². The fraction of sp³-hybridized carbons (Fsp3) is 0.429. The van der Waals surface area contributed by atoms with E-state index in [4.69, 9.17) is 9.47 Å². The number of esters is 1. The van der Waals surface area contributed by atoms with Gasteiger partial charge in [0.1, 0.15) is 17.0 Å². The summed E-state index contributed by atoms with van der Waals surface area (Å²) in [5, 5.41) is 12.0. The molecule has 0 atom stereocenters. The number of tetrazole rings is 1. The molecule has 7 nitrogen and oxygen atoms in total. The number of aromatic nitrogens is 4. The van der Waals surface area contributed by atoms with Crippen molar-refractivity contribution in [3.8, 4) is 11.4 Å². The third-order valence-corrected chi connectivity index (χ3v) is 3.39. The molecule has 1 aromatic heterocycles. The Kier molecular flexibility index (Phi) is 5.02. The first-order valence-electron chi connectivity index (χ1n) is 6.67. The predicted octanol–water partition coefficient (Wildman–Crippen LogP) is 2.10. The van der Waals surface area contributed by atoms with Crippen LogP contribution in [0.15, 0.2) is 29.4 Å². The summed E-state index contributed by atoms with van der Waals surface area (Å²) in [5.41, 5.74) is 0.202. The van der Waals surface area contributed by atoms with E-state index in [9.17, 15) is 4.79 Å². The molecule has 1 heterocycles. The normalized spacial score (nSPS) is 11.3. The summed E-state index contributed by atoms with van der Waals surface area (Å²) in [7, 11) is 1.58. The van der Waals surface area contributed by atoms with Crippen LogP contribution in [0.3, 0.4) is 0 Å². The monoisotopic (exact) mass is 322 g/mol. The van der Waals surface area contributed by atoms with Crippen molar-refractivity contribution in [2.75, 3.05) is 12.9 Å². The van der Waals surface area contributed by atoms with Crippen LogP contribution >= 0.6 is 11.8 Å². The summed E-state index contributed by atoms with van der Waals surface area (Å²) < 4.78 is 12.1. The first kappa shape index (κ1) is 16.3. The number of methoxy groups -OCH3 is 1. The van der Waals surface area contributed by atoms with Gasteiger partial charge in [0.05, 0.1) is 12.9 Å². The lowest BCUT2D eigenvalue weighted by Crippen LogP contribution is -2.25. The van der Waals surface area contributed by atoms with E-state index in [-0.39, 0.29) is 11.7 Å². The van der Waals surface area contributed by atoms with Crippen LogP contribution in [0.2, 0.25) is 0 Å². The van der Waals surface area contributed by atoms with E-state index >= 15 is 0 Å². The largest absolute Gasteiger partial charge is 0.494 e. The molecule has 0 spiro atoms. The van der Waals surface area contributed by atoms with Gasteiger partial charge in [-0.25, -0.2) is 0 Å². The zero-order valence-electron chi connectivity index (χ0n) is 12.9. The highest BCUT2D eigenvalue weighted by atomic mass is 32.2. The van der Waals surface area contributed by atoms with Gasteiger partial charge in [0.25, 0.3) is 0 Å². The Morgan fingerprint density at radius 1 is 1.32 bits per heavy atom. The summed E-state index contributed by atoms with van der Waals surface area (Å²) in [6.07, 6.45) is 0. The zero-order valence-corrected chi connectivity index (χ0v) is 13.8. The van der Waals surface area contributed by atoms with E-state index in [1.165, 1.54) is 16.4 Å². The van der Waals surface area contributed by atoms with Crippen LogP contribution in [-0.2, 0) is 9.53 Å². The highest BCUT2D eigenvalue weighted by molar-refractivity contribution is 7.99. The van der Waals surface area contributed by atoms with Crippen molar-refractivity contribution in [2.24, 2.45) is 0 Å². The maximum absolute atomic E-state index is 11.8. The van der Waals surface area contributed by atoms with Crippen molar-refractivity contribution in [1.29, 1.82) is 0 Å². The number of thioether (sulfide) groups is 1. The van der Waals surface area contributed by atoms with Gasteiger partial charge in [-0.15, -0.1) is 5.10 Å². The van der Waals surface area contributed by atoms with E-state index < -0.39 is 5.60 Å². The second-order valence-corrected chi connectivity index (χ2v) is 6.36. The maximum Gasteiger partial charge on any atom is 0.316 e. The van der Waals surface area contributed by atoms with Gasteiger partial charge in [-0.3, -0.25) is 4.79 Å². The summed E-state index contributed by atoms with van der Waals surface area (Å²) >= 11 is 1.21. The van der Waals surface area contributed by atoms with Crippen LogP contribution in [0.5, 0.6) is 5.75 Å². The van der Waals surface area contributed by atoms with Crippen LogP contribution in [0.25, 0.3) is 5.69 Å². The minimum atomic E-state index is -0.508. The molecule has 0 radical (unpaired) electrons. The van der Waals surface area contributed by atoms with Crippen molar-refractivity contribution in [2.45, 2.75) is 31.5 Å². The average molecular weight is 322 g/mol. The number of carbonyl (C=O) groups is 1. The van der Waals surface area contributed by atoms with Crippen molar-refractivity contribution < 1.29 is 14.3 Å². The first-order valence-corrected chi connectivity index (χ1v) is 7.65. The lowest BCUT2D eigenvalue weighted by molar-refractivity contribution is -0.151. The van der Waals surface area contributed by atoms with Crippen LogP contribution in [0.1, 0.15) is 20.8 Å². The standard InChI is InChI=1S/C14H18N4O3S/c1-14(2,3)21-12(19)9-22-13-15-16-17-18(13)10-7-5-6-8-11(10)20-4/h5-8H,9H2,1-4H3. The fourth-order valence-corrected chi connectivity index (χ4v) is 2.38. The van der Waals surface area contributed by atoms with Crippen molar-refractivity contribution in [3.05, 3.63) is 24.3 Å². The second kappa shape index (κ2) is 6.78. The van der Waals surface area contributed by atoms with E-state index in [1.807, 2.05) is 45.0 Å². The van der Waals surface area contributed by atoms with E-state index in [0.29, 0.717) is 16.6 Å². The summed E-state index contributed by atoms with van der Waals surface area (Å²) in [6, 6.07) is 7.38. The summed E-state index contributed by atoms with van der Waals surface area (Å²) in [4.78, 5) is 11.8. The second-order valence-electron chi connectivity index (χ2n) is 5.42. The van der Waals surface area contributed by atoms with Gasteiger partial charge in [0, 0.05) is 0 Å². The first-order chi connectivity index (χ1) is 10.4. The Bertz CT molecular complexity index is 652. The lowest BCUT2D eigenvalue weighted by atomic mass is 10.2. The molecular formula is C14H18N4O3S. The molecule has 0 aliphatic carbocycles. The average Bonchev–Trinajstić information content (AvgIpc) is 2.91. The molecule has 0 amide bonds. The SMILES string of the molecule is COc1ccccc1-n1nnnc1SCC(=O)OC(C)(C)C. The predicted molar refractivity (Wildman–Crippen MR) is 82.3 cm³/mol. The zero-order chi connectivity index (χ0) is 16.2. The Balaban J connectivity index is 2.12. The smallest absolute Gasteiger partial charge is 0.316 e. The van der Waals surface area contributed by atoms with Crippen LogP contribution in [0.4, 0.5) is 0 Å². The quantitative estimate of drug-likeness (QED) is 0.616. The molecule has 118 valence electrons. The number of hydrogen-bond donors (Lipinski definition) is 0. The maximum atomic E-state index is 11.8. The topological polar surface area (TPSA) is 79.1 Å². The van der Waals surface area contributed by atoms with Crippen LogP contribution in [0, 0.1) is 0 Å². The highest BCUT2D eigenvalue weighted by Gasteiger charge is 2.19. The number of rotatable bonds is 5. The van der Waals surface area contributed by atoms with Crippen molar-refractivity contribution >= 4 is 17.7 Å². The molecule has 0 N–H and O–H groups in total. The van der Waals surface area contributed by atoms with Crippen molar-refractivity contribution in [3.63, 3.8) is 0 Å². The van der Waals surface area contributed by atoms with Gasteiger partial charge in [0.2, 0.25) is 5.16 Å². The third kappa shape index (κ3) is 4.20. The molecule has 8 heteroatoms. The van der Waals surface area contributed by atoms with Gasteiger partial charge < -0.3 is 9.47 Å². The Morgan fingerprint density at radius 3 is 2.73 bits per heavy atom. The minimum absolute atomic E-state index is 0.132. The lowest BCUT2D eigenvalue weighted by Gasteiger charge is -2.19. The molecule has 2 rings (SSSR count). The molecule has 22 heavy (non-hydrogen) atoms. The number of carbonyl (C=O) groups excluding carboxylic acids is 1. The molecule has 0 bridgehead atoms. The molecule has 0 unspecified atom stereocenters. The number of benzene rings is 1. The van der Waals surface area contributed by atoms with E-state index in [0.717, 1.165) is 0 Å². The molecular weight excluding hydrogens is 304 g/mol.